The van der Waals surface area contributed by atoms with Gasteiger partial charge in [0.05, 0.1) is 5.69 Å². The number of anilines is 1. The van der Waals surface area contributed by atoms with E-state index in [1.54, 1.807) is 7.05 Å². The van der Waals surface area contributed by atoms with Gasteiger partial charge in [-0.1, -0.05) is 17.7 Å². The SMILES string of the molecule is CN(N)c1cccc(Cl)c1.Cl. The van der Waals surface area contributed by atoms with Crippen molar-refractivity contribution in [2.75, 3.05) is 12.1 Å². The Balaban J connectivity index is 0.000001000. The van der Waals surface area contributed by atoms with E-state index in [2.05, 4.69) is 0 Å². The number of benzene rings is 1. The molecule has 11 heavy (non-hydrogen) atoms. The van der Waals surface area contributed by atoms with Crippen molar-refractivity contribution in [3.05, 3.63) is 29.3 Å². The number of nitrogens with two attached hydrogens (primary N) is 1. The van der Waals surface area contributed by atoms with E-state index in [-0.39, 0.29) is 12.4 Å². The molecular weight excluding hydrogens is 183 g/mol. The molecule has 1 aromatic rings. The third-order valence-corrected chi connectivity index (χ3v) is 1.45. The third-order valence-electron chi connectivity index (χ3n) is 1.22. The first-order valence-corrected chi connectivity index (χ1v) is 3.32. The fourth-order valence-electron chi connectivity index (χ4n) is 0.696. The van der Waals surface area contributed by atoms with Gasteiger partial charge in [0.15, 0.2) is 0 Å². The summed E-state index contributed by atoms with van der Waals surface area (Å²) in [5.74, 6) is 5.46. The van der Waals surface area contributed by atoms with Crippen molar-refractivity contribution in [2.45, 2.75) is 0 Å². The number of hydrogen-bond donors (Lipinski definition) is 1. The van der Waals surface area contributed by atoms with Crippen molar-refractivity contribution in [3.8, 4) is 0 Å². The first-order valence-electron chi connectivity index (χ1n) is 2.94. The summed E-state index contributed by atoms with van der Waals surface area (Å²) in [5, 5.41) is 2.22. The van der Waals surface area contributed by atoms with Gasteiger partial charge in [0.25, 0.3) is 0 Å². The van der Waals surface area contributed by atoms with Gasteiger partial charge in [0.2, 0.25) is 0 Å². The zero-order valence-corrected chi connectivity index (χ0v) is 7.69. The Morgan fingerprint density at radius 3 is 2.45 bits per heavy atom. The Hall–Kier alpha value is -0.440. The summed E-state index contributed by atoms with van der Waals surface area (Å²) in [4.78, 5) is 0. The number of rotatable bonds is 1. The molecule has 0 aliphatic heterocycles. The van der Waals surface area contributed by atoms with Crippen molar-refractivity contribution >= 4 is 29.7 Å². The van der Waals surface area contributed by atoms with Crippen LogP contribution in [0.4, 0.5) is 5.69 Å². The van der Waals surface area contributed by atoms with Gasteiger partial charge < -0.3 is 5.01 Å². The summed E-state index contributed by atoms with van der Waals surface area (Å²) < 4.78 is 0. The van der Waals surface area contributed by atoms with Gasteiger partial charge in [-0.3, -0.25) is 0 Å². The molecule has 0 bridgehead atoms. The Labute approximate surface area is 77.3 Å². The lowest BCUT2D eigenvalue weighted by Crippen LogP contribution is -2.24. The highest BCUT2D eigenvalue weighted by Gasteiger charge is 1.93. The summed E-state index contributed by atoms with van der Waals surface area (Å²) in [7, 11) is 1.77. The number of hydrazine groups is 1. The lowest BCUT2D eigenvalue weighted by atomic mass is 10.3. The Morgan fingerprint density at radius 2 is 2.09 bits per heavy atom. The average molecular weight is 193 g/mol. The molecule has 2 N–H and O–H groups in total. The molecule has 4 heteroatoms. The quantitative estimate of drug-likeness (QED) is 0.546. The molecule has 0 fully saturated rings. The number of nitrogens with zero attached hydrogens (tertiary/aromatic N) is 1. The van der Waals surface area contributed by atoms with E-state index >= 15 is 0 Å². The maximum atomic E-state index is 5.71. The summed E-state index contributed by atoms with van der Waals surface area (Å²) >= 11 is 5.71. The van der Waals surface area contributed by atoms with Crippen LogP contribution in [-0.2, 0) is 0 Å². The van der Waals surface area contributed by atoms with E-state index in [0.29, 0.717) is 5.02 Å². The monoisotopic (exact) mass is 192 g/mol. The van der Waals surface area contributed by atoms with Crippen LogP contribution in [0.5, 0.6) is 0 Å². The van der Waals surface area contributed by atoms with Crippen LogP contribution in [0.25, 0.3) is 0 Å². The van der Waals surface area contributed by atoms with Crippen LogP contribution in [0.15, 0.2) is 24.3 Å². The molecule has 0 aromatic heterocycles. The minimum atomic E-state index is 0. The Kier molecular flexibility index (Phi) is 4.26. The van der Waals surface area contributed by atoms with Gasteiger partial charge in [0.1, 0.15) is 0 Å². The molecule has 0 radical (unpaired) electrons. The Morgan fingerprint density at radius 1 is 1.45 bits per heavy atom. The molecule has 0 amide bonds. The summed E-state index contributed by atoms with van der Waals surface area (Å²) in [6.45, 7) is 0. The van der Waals surface area contributed by atoms with Gasteiger partial charge in [-0.25, -0.2) is 5.84 Å². The lowest BCUT2D eigenvalue weighted by Gasteiger charge is -2.10. The minimum absolute atomic E-state index is 0. The highest BCUT2D eigenvalue weighted by Crippen LogP contribution is 2.15. The van der Waals surface area contributed by atoms with Crippen LogP contribution in [0.1, 0.15) is 0 Å². The van der Waals surface area contributed by atoms with Crippen LogP contribution in [-0.4, -0.2) is 7.05 Å². The van der Waals surface area contributed by atoms with Crippen molar-refractivity contribution in [3.63, 3.8) is 0 Å². The smallest absolute Gasteiger partial charge is 0.0528 e. The lowest BCUT2D eigenvalue weighted by molar-refractivity contribution is 1.02. The van der Waals surface area contributed by atoms with E-state index in [1.165, 1.54) is 5.01 Å². The molecule has 62 valence electrons. The molecule has 1 rings (SSSR count). The van der Waals surface area contributed by atoms with Crippen LogP contribution in [0.2, 0.25) is 5.02 Å². The molecule has 0 unspecified atom stereocenters. The van der Waals surface area contributed by atoms with Crippen LogP contribution in [0, 0.1) is 0 Å². The van der Waals surface area contributed by atoms with E-state index in [0.717, 1.165) is 5.69 Å². The second-order valence-electron chi connectivity index (χ2n) is 2.09. The molecule has 0 saturated heterocycles. The van der Waals surface area contributed by atoms with Gasteiger partial charge in [-0.2, -0.15) is 0 Å². The van der Waals surface area contributed by atoms with E-state index < -0.39 is 0 Å². The molecule has 0 aliphatic carbocycles. The second kappa shape index (κ2) is 4.44. The summed E-state index contributed by atoms with van der Waals surface area (Å²) in [6, 6.07) is 7.38. The standard InChI is InChI=1S/C7H9ClN2.ClH/c1-10(9)7-4-2-3-6(8)5-7;/h2-5H,9H2,1H3;1H. The zero-order chi connectivity index (χ0) is 7.56. The Bertz CT molecular complexity index is 225. The second-order valence-corrected chi connectivity index (χ2v) is 2.53. The van der Waals surface area contributed by atoms with Crippen molar-refractivity contribution in [1.82, 2.24) is 0 Å². The highest BCUT2D eigenvalue weighted by atomic mass is 35.5. The van der Waals surface area contributed by atoms with E-state index in [9.17, 15) is 0 Å². The summed E-state index contributed by atoms with van der Waals surface area (Å²) in [5.41, 5.74) is 0.910. The topological polar surface area (TPSA) is 29.3 Å². The third kappa shape index (κ3) is 2.97. The predicted molar refractivity (Wildman–Crippen MR) is 51.3 cm³/mol. The first-order chi connectivity index (χ1) is 4.70. The molecule has 0 spiro atoms. The minimum Gasteiger partial charge on any atom is -0.314 e. The summed E-state index contributed by atoms with van der Waals surface area (Å²) in [6.07, 6.45) is 0. The normalized spacial score (nSPS) is 8.64. The average Bonchev–Trinajstić information content (AvgIpc) is 1.88. The highest BCUT2D eigenvalue weighted by molar-refractivity contribution is 6.30. The van der Waals surface area contributed by atoms with E-state index in [1.807, 2.05) is 24.3 Å². The van der Waals surface area contributed by atoms with Gasteiger partial charge in [-0.05, 0) is 18.2 Å². The van der Waals surface area contributed by atoms with Gasteiger partial charge in [0, 0.05) is 12.1 Å². The van der Waals surface area contributed by atoms with Crippen molar-refractivity contribution < 1.29 is 0 Å². The largest absolute Gasteiger partial charge is 0.314 e. The predicted octanol–water partition coefficient (Wildman–Crippen LogP) is 2.07. The van der Waals surface area contributed by atoms with Crippen LogP contribution >= 0.6 is 24.0 Å². The molecule has 1 aromatic carbocycles. The van der Waals surface area contributed by atoms with Crippen LogP contribution < -0.4 is 10.9 Å². The molecule has 0 heterocycles. The van der Waals surface area contributed by atoms with Gasteiger partial charge in [-0.15, -0.1) is 12.4 Å². The maximum Gasteiger partial charge on any atom is 0.0528 e. The van der Waals surface area contributed by atoms with Crippen molar-refractivity contribution in [2.24, 2.45) is 5.84 Å². The fraction of sp³-hybridized carbons (Fsp3) is 0.143. The first kappa shape index (κ1) is 10.6. The van der Waals surface area contributed by atoms with E-state index in [4.69, 9.17) is 17.4 Å². The molecule has 0 aliphatic rings. The number of hydrogen-bond acceptors (Lipinski definition) is 2. The molecule has 2 nitrogen and oxygen atoms in total. The fourth-order valence-corrected chi connectivity index (χ4v) is 0.880. The van der Waals surface area contributed by atoms with Crippen molar-refractivity contribution in [1.29, 1.82) is 0 Å². The molecule has 0 saturated carbocycles. The number of halogens is 2. The van der Waals surface area contributed by atoms with Crippen LogP contribution in [0.3, 0.4) is 0 Å². The maximum absolute atomic E-state index is 5.71. The molecule has 0 atom stereocenters. The molecular formula is C7H10Cl2N2. The van der Waals surface area contributed by atoms with Gasteiger partial charge >= 0.3 is 0 Å². The zero-order valence-electron chi connectivity index (χ0n) is 6.12.